The fraction of sp³-hybridized carbons (Fsp3) is 0.294. The fourth-order valence-corrected chi connectivity index (χ4v) is 2.11. The molecule has 0 unspecified atom stereocenters. The summed E-state index contributed by atoms with van der Waals surface area (Å²) in [5, 5.41) is 5.70. The summed E-state index contributed by atoms with van der Waals surface area (Å²) in [4.78, 5) is 16.2. The molecule has 0 spiro atoms. The number of pyridine rings is 1. The molecule has 0 saturated heterocycles. The molecule has 0 aliphatic carbocycles. The number of hydrogen-bond donors (Lipinski definition) is 2. The van der Waals surface area contributed by atoms with Crippen LogP contribution < -0.4 is 15.4 Å². The minimum Gasteiger partial charge on any atom is -0.468 e. The molecule has 0 saturated carbocycles. The number of aromatic nitrogens is 1. The number of carbonyl (C=O) groups is 1. The van der Waals surface area contributed by atoms with Crippen molar-refractivity contribution >= 4 is 24.0 Å². The zero-order chi connectivity index (χ0) is 18.3. The molecule has 1 amide bonds. The van der Waals surface area contributed by atoms with Crippen LogP contribution in [0.4, 0.5) is 18.9 Å². The highest BCUT2D eigenvalue weighted by Gasteiger charge is 2.28. The maximum atomic E-state index is 12.4. The van der Waals surface area contributed by atoms with E-state index < -0.39 is 12.8 Å². The Morgan fingerprint density at radius 2 is 1.92 bits per heavy atom. The van der Waals surface area contributed by atoms with Gasteiger partial charge in [-0.05, 0) is 37.7 Å². The second-order valence-electron chi connectivity index (χ2n) is 5.25. The summed E-state index contributed by atoms with van der Waals surface area (Å²) >= 11 is 0. The smallest absolute Gasteiger partial charge is 0.422 e. The van der Waals surface area contributed by atoms with Crippen LogP contribution in [0.3, 0.4) is 0 Å². The predicted octanol–water partition coefficient (Wildman–Crippen LogP) is 3.46. The second-order valence-corrected chi connectivity index (χ2v) is 5.25. The van der Waals surface area contributed by atoms with E-state index in [4.69, 9.17) is 0 Å². The molecule has 2 aromatic rings. The fourth-order valence-electron chi connectivity index (χ4n) is 2.11. The van der Waals surface area contributed by atoms with Crippen LogP contribution in [0.5, 0.6) is 5.88 Å². The highest BCUT2D eigenvalue weighted by molar-refractivity contribution is 6.05. The number of rotatable bonds is 7. The Bertz CT molecular complexity index is 709. The minimum atomic E-state index is -4.42. The van der Waals surface area contributed by atoms with Gasteiger partial charge in [0, 0.05) is 11.6 Å². The van der Waals surface area contributed by atoms with Crippen molar-refractivity contribution in [2.45, 2.75) is 12.6 Å². The van der Waals surface area contributed by atoms with Gasteiger partial charge in [0.2, 0.25) is 5.88 Å². The molecule has 26 heavy (non-hydrogen) atoms. The zero-order valence-corrected chi connectivity index (χ0v) is 14.8. The third-order valence-corrected chi connectivity index (χ3v) is 3.28. The number of ether oxygens (including phenoxy) is 1. The van der Waals surface area contributed by atoms with Gasteiger partial charge < -0.3 is 15.4 Å². The Hall–Kier alpha value is -2.32. The molecule has 0 fully saturated rings. The standard InChI is InChI=1S/C17H18F3N3O2.ClH/c1-21-9-8-12-4-2-3-5-14(12)16(24)23-13-6-7-15(22-10-13)25-11-17(18,19)20;/h2-7,10,21H,8-9,11H2,1H3,(H,23,24);1H. The van der Waals surface area contributed by atoms with Crippen molar-refractivity contribution in [1.29, 1.82) is 0 Å². The first kappa shape index (κ1) is 21.7. The summed E-state index contributed by atoms with van der Waals surface area (Å²) in [5.41, 5.74) is 1.80. The number of carbonyl (C=O) groups excluding carboxylic acids is 1. The molecule has 142 valence electrons. The molecule has 1 heterocycles. The number of nitrogens with one attached hydrogen (secondary N) is 2. The Labute approximate surface area is 155 Å². The summed E-state index contributed by atoms with van der Waals surface area (Å²) in [6.45, 7) is -0.679. The molecule has 0 aliphatic heterocycles. The Morgan fingerprint density at radius 3 is 2.54 bits per heavy atom. The van der Waals surface area contributed by atoms with Gasteiger partial charge in [0.15, 0.2) is 6.61 Å². The van der Waals surface area contributed by atoms with Crippen molar-refractivity contribution in [3.05, 3.63) is 53.7 Å². The van der Waals surface area contributed by atoms with E-state index in [1.54, 1.807) is 12.1 Å². The van der Waals surface area contributed by atoms with Crippen LogP contribution in [0, 0.1) is 0 Å². The van der Waals surface area contributed by atoms with E-state index in [0.29, 0.717) is 17.7 Å². The molecule has 2 N–H and O–H groups in total. The van der Waals surface area contributed by atoms with Gasteiger partial charge in [0.05, 0.1) is 11.9 Å². The quantitative estimate of drug-likeness (QED) is 0.761. The van der Waals surface area contributed by atoms with Crippen LogP contribution in [0.25, 0.3) is 0 Å². The van der Waals surface area contributed by atoms with E-state index in [9.17, 15) is 18.0 Å². The molecule has 0 radical (unpaired) electrons. The third kappa shape index (κ3) is 6.89. The molecular weight excluding hydrogens is 371 g/mol. The number of hydrogen-bond acceptors (Lipinski definition) is 4. The molecule has 1 aromatic carbocycles. The molecule has 2 rings (SSSR count). The summed E-state index contributed by atoms with van der Waals surface area (Å²) < 4.78 is 40.8. The van der Waals surface area contributed by atoms with Crippen LogP contribution in [-0.2, 0) is 6.42 Å². The maximum Gasteiger partial charge on any atom is 0.422 e. The van der Waals surface area contributed by atoms with E-state index in [0.717, 1.165) is 12.1 Å². The first-order valence-corrected chi connectivity index (χ1v) is 7.58. The lowest BCUT2D eigenvalue weighted by Gasteiger charge is -2.11. The van der Waals surface area contributed by atoms with Crippen molar-refractivity contribution in [2.24, 2.45) is 0 Å². The van der Waals surface area contributed by atoms with Crippen LogP contribution in [-0.4, -0.2) is 37.3 Å². The Balaban J connectivity index is 0.00000338. The van der Waals surface area contributed by atoms with Crippen LogP contribution in [0.1, 0.15) is 15.9 Å². The van der Waals surface area contributed by atoms with Crippen molar-refractivity contribution in [2.75, 3.05) is 25.5 Å². The SMILES string of the molecule is CNCCc1ccccc1C(=O)Nc1ccc(OCC(F)(F)F)nc1.Cl. The number of benzene rings is 1. The van der Waals surface area contributed by atoms with Gasteiger partial charge in [-0.25, -0.2) is 4.98 Å². The van der Waals surface area contributed by atoms with E-state index in [2.05, 4.69) is 20.4 Å². The van der Waals surface area contributed by atoms with Gasteiger partial charge in [-0.1, -0.05) is 18.2 Å². The molecule has 1 aromatic heterocycles. The molecule has 0 bridgehead atoms. The second kappa shape index (κ2) is 9.98. The minimum absolute atomic E-state index is 0. The number of halogens is 4. The maximum absolute atomic E-state index is 12.4. The van der Waals surface area contributed by atoms with Crippen LogP contribution >= 0.6 is 12.4 Å². The normalized spacial score (nSPS) is 10.8. The van der Waals surface area contributed by atoms with Crippen molar-refractivity contribution < 1.29 is 22.7 Å². The van der Waals surface area contributed by atoms with Crippen molar-refractivity contribution in [3.63, 3.8) is 0 Å². The number of likely N-dealkylation sites (N-methyl/N-ethyl adjacent to an activating group) is 1. The molecule has 5 nitrogen and oxygen atoms in total. The first-order valence-electron chi connectivity index (χ1n) is 7.58. The summed E-state index contributed by atoms with van der Waals surface area (Å²) in [7, 11) is 1.83. The number of nitrogens with zero attached hydrogens (tertiary/aromatic N) is 1. The van der Waals surface area contributed by atoms with E-state index in [1.807, 2.05) is 19.2 Å². The average molecular weight is 390 g/mol. The van der Waals surface area contributed by atoms with Crippen LogP contribution in [0.15, 0.2) is 42.6 Å². The monoisotopic (exact) mass is 389 g/mol. The summed E-state index contributed by atoms with van der Waals surface area (Å²) in [6.07, 6.45) is -2.48. The molecular formula is C17H19ClF3N3O2. The Morgan fingerprint density at radius 1 is 1.19 bits per heavy atom. The van der Waals surface area contributed by atoms with E-state index in [1.165, 1.54) is 18.3 Å². The van der Waals surface area contributed by atoms with Gasteiger partial charge in [0.25, 0.3) is 5.91 Å². The largest absolute Gasteiger partial charge is 0.468 e. The first-order chi connectivity index (χ1) is 11.9. The van der Waals surface area contributed by atoms with Gasteiger partial charge in [-0.15, -0.1) is 12.4 Å². The lowest BCUT2D eigenvalue weighted by molar-refractivity contribution is -0.154. The third-order valence-electron chi connectivity index (χ3n) is 3.28. The summed E-state index contributed by atoms with van der Waals surface area (Å²) in [5.74, 6) is -0.470. The van der Waals surface area contributed by atoms with Gasteiger partial charge in [-0.3, -0.25) is 4.79 Å². The van der Waals surface area contributed by atoms with E-state index >= 15 is 0 Å². The number of anilines is 1. The Kier molecular flexibility index (Phi) is 8.34. The van der Waals surface area contributed by atoms with Gasteiger partial charge >= 0.3 is 6.18 Å². The van der Waals surface area contributed by atoms with Crippen molar-refractivity contribution in [1.82, 2.24) is 10.3 Å². The van der Waals surface area contributed by atoms with Gasteiger partial charge in [-0.2, -0.15) is 13.2 Å². The topological polar surface area (TPSA) is 63.2 Å². The highest BCUT2D eigenvalue weighted by Crippen LogP contribution is 2.19. The number of amides is 1. The lowest BCUT2D eigenvalue weighted by Crippen LogP contribution is -2.19. The lowest BCUT2D eigenvalue weighted by atomic mass is 10.0. The molecule has 9 heteroatoms. The molecule has 0 aliphatic rings. The van der Waals surface area contributed by atoms with Crippen molar-refractivity contribution in [3.8, 4) is 5.88 Å². The number of alkyl halides is 3. The molecule has 0 atom stereocenters. The van der Waals surface area contributed by atoms with E-state index in [-0.39, 0.29) is 24.2 Å². The summed E-state index contributed by atoms with van der Waals surface area (Å²) in [6, 6.07) is 9.93. The predicted molar refractivity (Wildman–Crippen MR) is 95.1 cm³/mol. The van der Waals surface area contributed by atoms with Crippen LogP contribution in [0.2, 0.25) is 0 Å². The zero-order valence-electron chi connectivity index (χ0n) is 14.0. The highest BCUT2D eigenvalue weighted by atomic mass is 35.5. The van der Waals surface area contributed by atoms with Gasteiger partial charge in [0.1, 0.15) is 0 Å². The average Bonchev–Trinajstić information content (AvgIpc) is 2.59.